The third-order valence-electron chi connectivity index (χ3n) is 2.19. The van der Waals surface area contributed by atoms with Crippen LogP contribution in [0, 0.1) is 0 Å². The molecule has 0 amide bonds. The van der Waals surface area contributed by atoms with Crippen LogP contribution in [-0.2, 0) is 9.53 Å². The molecule has 0 fully saturated rings. The van der Waals surface area contributed by atoms with E-state index in [-0.39, 0.29) is 0 Å². The lowest BCUT2D eigenvalue weighted by Gasteiger charge is -2.07. The summed E-state index contributed by atoms with van der Waals surface area (Å²) in [7, 11) is 0. The zero-order valence-electron chi connectivity index (χ0n) is 9.45. The Bertz CT molecular complexity index is 159. The van der Waals surface area contributed by atoms with E-state index < -0.39 is 18.7 Å². The third kappa shape index (κ3) is 8.39. The van der Waals surface area contributed by atoms with Crippen LogP contribution >= 0.6 is 0 Å². The zero-order chi connectivity index (χ0) is 11.5. The predicted octanol–water partition coefficient (Wildman–Crippen LogP) is 1.24. The minimum Gasteiger partial charge on any atom is -0.464 e. The highest BCUT2D eigenvalue weighted by Gasteiger charge is 2.14. The van der Waals surface area contributed by atoms with Crippen LogP contribution < -0.4 is 0 Å². The first-order valence-corrected chi connectivity index (χ1v) is 5.68. The number of carbonyl (C=O) groups is 1. The Morgan fingerprint density at radius 1 is 1.20 bits per heavy atom. The molecule has 0 aromatic heterocycles. The first kappa shape index (κ1) is 14.4. The van der Waals surface area contributed by atoms with Gasteiger partial charge in [-0.05, 0) is 6.42 Å². The van der Waals surface area contributed by atoms with Gasteiger partial charge in [-0.25, -0.2) is 4.79 Å². The average Bonchev–Trinajstić information content (AvgIpc) is 2.26. The summed E-state index contributed by atoms with van der Waals surface area (Å²) in [4.78, 5) is 10.9. The van der Waals surface area contributed by atoms with Crippen LogP contribution in [-0.4, -0.2) is 35.5 Å². The summed E-state index contributed by atoms with van der Waals surface area (Å²) in [5, 5.41) is 17.3. The summed E-state index contributed by atoms with van der Waals surface area (Å²) in [5.41, 5.74) is 0. The predicted molar refractivity (Wildman–Crippen MR) is 57.4 cm³/mol. The molecule has 90 valence electrons. The highest BCUT2D eigenvalue weighted by molar-refractivity contribution is 5.74. The Kier molecular flexibility index (Phi) is 9.52. The van der Waals surface area contributed by atoms with Crippen LogP contribution in [0.4, 0.5) is 0 Å². The molecule has 15 heavy (non-hydrogen) atoms. The molecule has 1 atom stereocenters. The van der Waals surface area contributed by atoms with E-state index >= 15 is 0 Å². The van der Waals surface area contributed by atoms with Gasteiger partial charge in [0.1, 0.15) is 0 Å². The number of hydrogen-bond donors (Lipinski definition) is 2. The second-order valence-electron chi connectivity index (χ2n) is 3.63. The lowest BCUT2D eigenvalue weighted by molar-refractivity contribution is -0.155. The fourth-order valence-electron chi connectivity index (χ4n) is 1.23. The number of aliphatic hydroxyl groups excluding tert-OH is 2. The fourth-order valence-corrected chi connectivity index (χ4v) is 1.23. The molecule has 0 saturated heterocycles. The maximum Gasteiger partial charge on any atom is 0.337 e. The molecule has 4 heteroatoms. The molecule has 0 radical (unpaired) electrons. The van der Waals surface area contributed by atoms with Gasteiger partial charge in [-0.1, -0.05) is 39.0 Å². The summed E-state index contributed by atoms with van der Waals surface area (Å²) in [6.45, 7) is 1.93. The van der Waals surface area contributed by atoms with E-state index in [1.54, 1.807) is 0 Å². The fraction of sp³-hybridized carbons (Fsp3) is 0.909. The molecule has 0 aliphatic carbocycles. The van der Waals surface area contributed by atoms with Crippen LogP contribution in [0.1, 0.15) is 45.4 Å². The number of esters is 1. The SMILES string of the molecule is CCCCCCCCOC(=O)[C@H](O)CO. The van der Waals surface area contributed by atoms with Crippen LogP contribution in [0.15, 0.2) is 0 Å². The smallest absolute Gasteiger partial charge is 0.337 e. The molecule has 4 nitrogen and oxygen atoms in total. The van der Waals surface area contributed by atoms with E-state index in [0.717, 1.165) is 19.3 Å². The van der Waals surface area contributed by atoms with Gasteiger partial charge in [0.25, 0.3) is 0 Å². The third-order valence-corrected chi connectivity index (χ3v) is 2.19. The van der Waals surface area contributed by atoms with Crippen LogP contribution in [0.3, 0.4) is 0 Å². The minimum absolute atomic E-state index is 0.335. The molecule has 0 aliphatic heterocycles. The summed E-state index contributed by atoms with van der Waals surface area (Å²) < 4.78 is 4.75. The van der Waals surface area contributed by atoms with Gasteiger partial charge in [-0.3, -0.25) is 0 Å². The van der Waals surface area contributed by atoms with Gasteiger partial charge in [0.05, 0.1) is 13.2 Å². The van der Waals surface area contributed by atoms with Crippen molar-refractivity contribution in [3.05, 3.63) is 0 Å². The summed E-state index contributed by atoms with van der Waals surface area (Å²) in [6.07, 6.45) is 5.35. The van der Waals surface area contributed by atoms with E-state index in [1.165, 1.54) is 19.3 Å². The molecule has 0 saturated carbocycles. The van der Waals surface area contributed by atoms with Crippen LogP contribution in [0.2, 0.25) is 0 Å². The van der Waals surface area contributed by atoms with Crippen molar-refractivity contribution in [1.29, 1.82) is 0 Å². The number of ether oxygens (including phenoxy) is 1. The highest BCUT2D eigenvalue weighted by Crippen LogP contribution is 2.05. The molecule has 0 bridgehead atoms. The standard InChI is InChI=1S/C11H22O4/c1-2-3-4-5-6-7-8-15-11(14)10(13)9-12/h10,12-13H,2-9H2,1H3/t10-/m1/s1. The zero-order valence-corrected chi connectivity index (χ0v) is 9.45. The molecule has 0 spiro atoms. The van der Waals surface area contributed by atoms with Crippen molar-refractivity contribution in [1.82, 2.24) is 0 Å². The van der Waals surface area contributed by atoms with Crippen molar-refractivity contribution in [3.8, 4) is 0 Å². The molecule has 0 heterocycles. The van der Waals surface area contributed by atoms with E-state index in [1.807, 2.05) is 0 Å². The molecular formula is C11H22O4. The van der Waals surface area contributed by atoms with E-state index in [4.69, 9.17) is 14.9 Å². The van der Waals surface area contributed by atoms with Crippen molar-refractivity contribution in [2.75, 3.05) is 13.2 Å². The number of hydrogen-bond acceptors (Lipinski definition) is 4. The van der Waals surface area contributed by atoms with Crippen LogP contribution in [0.25, 0.3) is 0 Å². The van der Waals surface area contributed by atoms with Gasteiger partial charge in [-0.2, -0.15) is 0 Å². The van der Waals surface area contributed by atoms with Gasteiger partial charge in [0.2, 0.25) is 0 Å². The van der Waals surface area contributed by atoms with Gasteiger partial charge in [-0.15, -0.1) is 0 Å². The van der Waals surface area contributed by atoms with E-state index in [2.05, 4.69) is 6.92 Å². The van der Waals surface area contributed by atoms with Gasteiger partial charge in [0.15, 0.2) is 6.10 Å². The summed E-state index contributed by atoms with van der Waals surface area (Å²) >= 11 is 0. The number of aliphatic hydroxyl groups is 2. The first-order chi connectivity index (χ1) is 7.22. The van der Waals surface area contributed by atoms with Crippen molar-refractivity contribution in [2.24, 2.45) is 0 Å². The van der Waals surface area contributed by atoms with Crippen molar-refractivity contribution < 1.29 is 19.7 Å². The Morgan fingerprint density at radius 2 is 1.80 bits per heavy atom. The minimum atomic E-state index is -1.38. The number of rotatable bonds is 9. The normalized spacial score (nSPS) is 12.5. The van der Waals surface area contributed by atoms with Crippen molar-refractivity contribution in [2.45, 2.75) is 51.6 Å². The largest absolute Gasteiger partial charge is 0.464 e. The summed E-state index contributed by atoms with van der Waals surface area (Å²) in [5.74, 6) is -0.731. The molecule has 0 unspecified atom stereocenters. The second kappa shape index (κ2) is 9.93. The first-order valence-electron chi connectivity index (χ1n) is 5.68. The maximum absolute atomic E-state index is 10.9. The van der Waals surface area contributed by atoms with Gasteiger partial charge < -0.3 is 14.9 Å². The van der Waals surface area contributed by atoms with Gasteiger partial charge in [0, 0.05) is 0 Å². The second-order valence-corrected chi connectivity index (χ2v) is 3.63. The lowest BCUT2D eigenvalue weighted by atomic mass is 10.1. The Hall–Kier alpha value is -0.610. The van der Waals surface area contributed by atoms with Crippen molar-refractivity contribution in [3.63, 3.8) is 0 Å². The Morgan fingerprint density at radius 3 is 2.40 bits per heavy atom. The Balaban J connectivity index is 3.20. The average molecular weight is 218 g/mol. The van der Waals surface area contributed by atoms with E-state index in [9.17, 15) is 4.79 Å². The summed E-state index contributed by atoms with van der Waals surface area (Å²) in [6, 6.07) is 0. The maximum atomic E-state index is 10.9. The molecule has 0 aromatic rings. The van der Waals surface area contributed by atoms with Crippen molar-refractivity contribution >= 4 is 5.97 Å². The Labute approximate surface area is 91.3 Å². The lowest BCUT2D eigenvalue weighted by Crippen LogP contribution is -2.26. The number of unbranched alkanes of at least 4 members (excludes halogenated alkanes) is 5. The molecule has 0 rings (SSSR count). The molecular weight excluding hydrogens is 196 g/mol. The molecule has 0 aliphatic rings. The van der Waals surface area contributed by atoms with Crippen LogP contribution in [0.5, 0.6) is 0 Å². The number of carbonyl (C=O) groups excluding carboxylic acids is 1. The molecule has 2 N–H and O–H groups in total. The topological polar surface area (TPSA) is 66.8 Å². The molecule has 0 aromatic carbocycles. The van der Waals surface area contributed by atoms with E-state index in [0.29, 0.717) is 6.61 Å². The quantitative estimate of drug-likeness (QED) is 0.451. The monoisotopic (exact) mass is 218 g/mol. The van der Waals surface area contributed by atoms with Gasteiger partial charge >= 0.3 is 5.97 Å². The highest BCUT2D eigenvalue weighted by atomic mass is 16.5.